The van der Waals surface area contributed by atoms with E-state index in [0.717, 1.165) is 17.0 Å². The predicted molar refractivity (Wildman–Crippen MR) is 107 cm³/mol. The maximum Gasteiger partial charge on any atom is 0.230 e. The molecule has 0 aliphatic rings. The molecule has 1 aromatic heterocycles. The van der Waals surface area contributed by atoms with Crippen LogP contribution in [0.3, 0.4) is 0 Å². The Morgan fingerprint density at radius 2 is 1.93 bits per heavy atom. The molecule has 1 amide bonds. The molecule has 1 N–H and O–H groups in total. The first kappa shape index (κ1) is 19.3. The molecule has 0 aliphatic carbocycles. The molecule has 1 atom stereocenters. The number of thioether (sulfide) groups is 1. The van der Waals surface area contributed by atoms with Crippen molar-refractivity contribution in [3.63, 3.8) is 0 Å². The Bertz CT molecular complexity index is 897. The number of aromatic nitrogens is 3. The number of nitrogens with zero attached hydrogens (tertiary/aromatic N) is 3. The number of carbonyl (C=O) groups excluding carboxylic acids is 1. The molecule has 1 unspecified atom stereocenters. The van der Waals surface area contributed by atoms with Crippen molar-refractivity contribution in [3.8, 4) is 11.4 Å². The van der Waals surface area contributed by atoms with Crippen molar-refractivity contribution in [2.45, 2.75) is 18.1 Å². The first-order chi connectivity index (χ1) is 13.1. The summed E-state index contributed by atoms with van der Waals surface area (Å²) in [5.41, 5.74) is 1.90. The summed E-state index contributed by atoms with van der Waals surface area (Å²) < 4.78 is 7.00. The summed E-state index contributed by atoms with van der Waals surface area (Å²) in [6.45, 7) is 1.94. The van der Waals surface area contributed by atoms with Crippen LogP contribution in [0.15, 0.2) is 60.0 Å². The molecule has 3 rings (SSSR count). The van der Waals surface area contributed by atoms with Crippen molar-refractivity contribution in [1.82, 2.24) is 20.1 Å². The maximum absolute atomic E-state index is 12.3. The zero-order valence-electron chi connectivity index (χ0n) is 14.9. The Kier molecular flexibility index (Phi) is 6.36. The lowest BCUT2D eigenvalue weighted by molar-refractivity contribution is -0.119. The average molecular weight is 403 g/mol. The van der Waals surface area contributed by atoms with Gasteiger partial charge in [0.15, 0.2) is 5.16 Å². The second-order valence-corrected chi connectivity index (χ2v) is 7.19. The van der Waals surface area contributed by atoms with Crippen molar-refractivity contribution in [2.75, 3.05) is 12.9 Å². The van der Waals surface area contributed by atoms with Crippen LogP contribution in [0.2, 0.25) is 5.02 Å². The van der Waals surface area contributed by atoms with Crippen molar-refractivity contribution >= 4 is 29.3 Å². The van der Waals surface area contributed by atoms with Crippen LogP contribution >= 0.6 is 23.4 Å². The van der Waals surface area contributed by atoms with E-state index in [4.69, 9.17) is 16.3 Å². The van der Waals surface area contributed by atoms with Crippen LogP contribution in [-0.4, -0.2) is 33.5 Å². The van der Waals surface area contributed by atoms with Gasteiger partial charge in [-0.1, -0.05) is 35.5 Å². The minimum absolute atomic E-state index is 0.0771. The highest BCUT2D eigenvalue weighted by Gasteiger charge is 2.13. The highest BCUT2D eigenvalue weighted by molar-refractivity contribution is 7.99. The van der Waals surface area contributed by atoms with E-state index in [9.17, 15) is 4.79 Å². The summed E-state index contributed by atoms with van der Waals surface area (Å²) >= 11 is 7.23. The fraction of sp³-hybridized carbons (Fsp3) is 0.211. The van der Waals surface area contributed by atoms with Crippen molar-refractivity contribution < 1.29 is 9.53 Å². The van der Waals surface area contributed by atoms with Crippen molar-refractivity contribution in [3.05, 3.63) is 65.4 Å². The first-order valence-electron chi connectivity index (χ1n) is 8.29. The Balaban J connectivity index is 1.59. The molecular formula is C19H19ClN4O2S. The smallest absolute Gasteiger partial charge is 0.230 e. The molecule has 1 heterocycles. The Hall–Kier alpha value is -2.51. The molecule has 27 heavy (non-hydrogen) atoms. The Labute approximate surface area is 166 Å². The second-order valence-electron chi connectivity index (χ2n) is 5.81. The molecule has 140 valence electrons. The quantitative estimate of drug-likeness (QED) is 0.607. The van der Waals surface area contributed by atoms with Crippen molar-refractivity contribution in [2.24, 2.45) is 0 Å². The molecule has 8 heteroatoms. The third-order valence-electron chi connectivity index (χ3n) is 3.95. The molecule has 0 aliphatic heterocycles. The number of hydrogen-bond acceptors (Lipinski definition) is 5. The number of nitrogens with one attached hydrogen (secondary N) is 1. The van der Waals surface area contributed by atoms with Crippen LogP contribution in [0.25, 0.3) is 5.69 Å². The number of methoxy groups -OCH3 is 1. The summed E-state index contributed by atoms with van der Waals surface area (Å²) in [5.74, 6) is 0.940. The van der Waals surface area contributed by atoms with Gasteiger partial charge in [0.05, 0.1) is 18.9 Å². The van der Waals surface area contributed by atoms with Crippen LogP contribution in [-0.2, 0) is 4.79 Å². The number of carbonyl (C=O) groups is 1. The topological polar surface area (TPSA) is 69.0 Å². The molecule has 0 saturated carbocycles. The van der Waals surface area contributed by atoms with Gasteiger partial charge in [-0.3, -0.25) is 9.36 Å². The number of amides is 1. The normalized spacial score (nSPS) is 11.8. The summed E-state index contributed by atoms with van der Waals surface area (Å²) in [4.78, 5) is 12.3. The Morgan fingerprint density at radius 1 is 1.22 bits per heavy atom. The molecule has 0 saturated heterocycles. The predicted octanol–water partition coefficient (Wildman–Crippen LogP) is 3.90. The van der Waals surface area contributed by atoms with Crippen LogP contribution in [0, 0.1) is 0 Å². The van der Waals surface area contributed by atoms with Gasteiger partial charge in [-0.25, -0.2) is 0 Å². The summed E-state index contributed by atoms with van der Waals surface area (Å²) in [5, 5.41) is 12.4. The van der Waals surface area contributed by atoms with Crippen LogP contribution in [0.4, 0.5) is 0 Å². The monoisotopic (exact) mass is 402 g/mol. The minimum atomic E-state index is -0.102. The maximum atomic E-state index is 12.3. The van der Waals surface area contributed by atoms with Crippen LogP contribution in [0.5, 0.6) is 5.75 Å². The molecule has 0 spiro atoms. The zero-order chi connectivity index (χ0) is 19.2. The van der Waals surface area contributed by atoms with Gasteiger partial charge in [0.25, 0.3) is 0 Å². The van der Waals surface area contributed by atoms with E-state index in [1.54, 1.807) is 13.4 Å². The van der Waals surface area contributed by atoms with E-state index in [1.807, 2.05) is 60.0 Å². The zero-order valence-corrected chi connectivity index (χ0v) is 16.5. The molecule has 0 fully saturated rings. The number of ether oxygens (including phenoxy) is 1. The van der Waals surface area contributed by atoms with E-state index >= 15 is 0 Å². The molecule has 0 bridgehead atoms. The minimum Gasteiger partial charge on any atom is -0.497 e. The standard InChI is InChI=1S/C19H19ClN4O2S/c1-13(14-3-5-15(20)6-4-14)22-18(25)11-27-19-23-21-12-24(19)16-7-9-17(26-2)10-8-16/h3-10,12-13H,11H2,1-2H3,(H,22,25). The van der Waals surface area contributed by atoms with Crippen LogP contribution in [0.1, 0.15) is 18.5 Å². The lowest BCUT2D eigenvalue weighted by Gasteiger charge is -2.14. The van der Waals surface area contributed by atoms with Gasteiger partial charge in [0.1, 0.15) is 12.1 Å². The summed E-state index contributed by atoms with van der Waals surface area (Å²) in [6.07, 6.45) is 1.62. The highest BCUT2D eigenvalue weighted by atomic mass is 35.5. The SMILES string of the molecule is COc1ccc(-n2cnnc2SCC(=O)NC(C)c2ccc(Cl)cc2)cc1. The molecular weight excluding hydrogens is 384 g/mol. The van der Waals surface area contributed by atoms with Gasteiger partial charge in [-0.2, -0.15) is 0 Å². The Morgan fingerprint density at radius 3 is 2.59 bits per heavy atom. The largest absolute Gasteiger partial charge is 0.497 e. The molecule has 6 nitrogen and oxygen atoms in total. The lowest BCUT2D eigenvalue weighted by Crippen LogP contribution is -2.28. The summed E-state index contributed by atoms with van der Waals surface area (Å²) in [6, 6.07) is 14.9. The van der Waals surface area contributed by atoms with E-state index in [-0.39, 0.29) is 17.7 Å². The van der Waals surface area contributed by atoms with Gasteiger partial charge in [0.2, 0.25) is 5.91 Å². The highest BCUT2D eigenvalue weighted by Crippen LogP contribution is 2.22. The van der Waals surface area contributed by atoms with Gasteiger partial charge in [-0.05, 0) is 48.9 Å². The fourth-order valence-corrected chi connectivity index (χ4v) is 3.36. The van der Waals surface area contributed by atoms with Gasteiger partial charge >= 0.3 is 0 Å². The average Bonchev–Trinajstić information content (AvgIpc) is 3.15. The third-order valence-corrected chi connectivity index (χ3v) is 5.14. The summed E-state index contributed by atoms with van der Waals surface area (Å²) in [7, 11) is 1.62. The van der Waals surface area contributed by atoms with E-state index < -0.39 is 0 Å². The van der Waals surface area contributed by atoms with E-state index in [1.165, 1.54) is 11.8 Å². The van der Waals surface area contributed by atoms with E-state index in [2.05, 4.69) is 15.5 Å². The van der Waals surface area contributed by atoms with E-state index in [0.29, 0.717) is 10.2 Å². The first-order valence-corrected chi connectivity index (χ1v) is 9.65. The third kappa shape index (κ3) is 5.02. The van der Waals surface area contributed by atoms with Gasteiger partial charge < -0.3 is 10.1 Å². The fourth-order valence-electron chi connectivity index (χ4n) is 2.49. The van der Waals surface area contributed by atoms with Crippen molar-refractivity contribution in [1.29, 1.82) is 0 Å². The lowest BCUT2D eigenvalue weighted by atomic mass is 10.1. The molecule has 3 aromatic rings. The van der Waals surface area contributed by atoms with Gasteiger partial charge in [-0.15, -0.1) is 10.2 Å². The number of rotatable bonds is 7. The second kappa shape index (κ2) is 8.92. The molecule has 2 aromatic carbocycles. The number of benzene rings is 2. The molecule has 0 radical (unpaired) electrons. The van der Waals surface area contributed by atoms with Gasteiger partial charge in [0, 0.05) is 10.7 Å². The number of hydrogen-bond donors (Lipinski definition) is 1. The number of halogens is 1. The van der Waals surface area contributed by atoms with Crippen LogP contribution < -0.4 is 10.1 Å².